The predicted octanol–water partition coefficient (Wildman–Crippen LogP) is 4.36. The zero-order valence-electron chi connectivity index (χ0n) is 16.7. The molecule has 1 aliphatic heterocycles. The van der Waals surface area contributed by atoms with Gasteiger partial charge in [-0.2, -0.15) is 17.5 Å². The third-order valence-electron chi connectivity index (χ3n) is 5.36. The van der Waals surface area contributed by atoms with Gasteiger partial charge in [-0.25, -0.2) is 8.42 Å². The van der Waals surface area contributed by atoms with E-state index >= 15 is 0 Å². The Balaban J connectivity index is 1.72. The van der Waals surface area contributed by atoms with Crippen molar-refractivity contribution in [3.63, 3.8) is 0 Å². The number of hydrogen-bond donors (Lipinski definition) is 1. The summed E-state index contributed by atoms with van der Waals surface area (Å²) in [7, 11) is -4.32. The lowest BCUT2D eigenvalue weighted by atomic mass is 9.96. The number of carbonyl (C=O) groups excluding carboxylic acids is 1. The molecule has 1 saturated heterocycles. The molecule has 9 heteroatoms. The molecule has 162 valence electrons. The molecule has 1 heterocycles. The molecule has 30 heavy (non-hydrogen) atoms. The van der Waals surface area contributed by atoms with E-state index in [1.54, 1.807) is 0 Å². The Bertz CT molecular complexity index is 1020. The van der Waals surface area contributed by atoms with Crippen LogP contribution in [0.2, 0.25) is 0 Å². The number of halogens is 3. The average molecular weight is 440 g/mol. The van der Waals surface area contributed by atoms with Crippen molar-refractivity contribution in [2.45, 2.75) is 37.8 Å². The van der Waals surface area contributed by atoms with Crippen LogP contribution >= 0.6 is 0 Å². The van der Waals surface area contributed by atoms with E-state index in [9.17, 15) is 26.4 Å². The normalized spacial score (nSPS) is 16.4. The standard InChI is InChI=1S/C21H23F3N2O3S/c1-14-6-5-7-15(2)19(14)25-20(27)16-10-12-26(13-11-16)30(28,29)18-9-4-3-8-17(18)21(22,23)24/h3-9,16H,10-13H2,1-2H3,(H,25,27). The Hall–Kier alpha value is -2.39. The van der Waals surface area contributed by atoms with Crippen molar-refractivity contribution in [3.8, 4) is 0 Å². The zero-order chi connectivity index (χ0) is 22.1. The number of hydrogen-bond acceptors (Lipinski definition) is 3. The van der Waals surface area contributed by atoms with Crippen LogP contribution in [0.15, 0.2) is 47.4 Å². The van der Waals surface area contributed by atoms with E-state index < -0.39 is 32.6 Å². The van der Waals surface area contributed by atoms with E-state index in [0.29, 0.717) is 0 Å². The third-order valence-corrected chi connectivity index (χ3v) is 7.32. The molecule has 0 radical (unpaired) electrons. The first kappa shape index (κ1) is 22.3. The molecule has 0 aromatic heterocycles. The fraction of sp³-hybridized carbons (Fsp3) is 0.381. The van der Waals surface area contributed by atoms with Crippen LogP contribution in [0.3, 0.4) is 0 Å². The maximum atomic E-state index is 13.3. The van der Waals surface area contributed by atoms with Crippen LogP contribution in [0.4, 0.5) is 18.9 Å². The quantitative estimate of drug-likeness (QED) is 0.768. The molecule has 3 rings (SSSR count). The van der Waals surface area contributed by atoms with Crippen molar-refractivity contribution in [1.29, 1.82) is 0 Å². The van der Waals surface area contributed by atoms with Gasteiger partial charge in [-0.3, -0.25) is 4.79 Å². The van der Waals surface area contributed by atoms with Crippen molar-refractivity contribution in [2.75, 3.05) is 18.4 Å². The van der Waals surface area contributed by atoms with Crippen molar-refractivity contribution < 1.29 is 26.4 Å². The molecule has 1 amide bonds. The molecule has 0 unspecified atom stereocenters. The molecule has 1 N–H and O–H groups in total. The number of para-hydroxylation sites is 1. The highest BCUT2D eigenvalue weighted by Crippen LogP contribution is 2.36. The minimum absolute atomic E-state index is 0.0145. The van der Waals surface area contributed by atoms with Crippen LogP contribution in [-0.2, 0) is 21.0 Å². The molecule has 0 atom stereocenters. The monoisotopic (exact) mass is 440 g/mol. The van der Waals surface area contributed by atoms with Gasteiger partial charge in [-0.15, -0.1) is 0 Å². The smallest absolute Gasteiger partial charge is 0.325 e. The Labute approximate surface area is 173 Å². The van der Waals surface area contributed by atoms with Crippen molar-refractivity contribution in [3.05, 3.63) is 59.2 Å². The number of sulfonamides is 1. The summed E-state index contributed by atoms with van der Waals surface area (Å²) in [6.07, 6.45) is -4.29. The number of carbonyl (C=O) groups is 1. The number of alkyl halides is 3. The Morgan fingerprint density at radius 3 is 2.13 bits per heavy atom. The van der Waals surface area contributed by atoms with Crippen molar-refractivity contribution in [1.82, 2.24) is 4.31 Å². The first-order valence-electron chi connectivity index (χ1n) is 9.55. The molecule has 0 bridgehead atoms. The summed E-state index contributed by atoms with van der Waals surface area (Å²) >= 11 is 0. The topological polar surface area (TPSA) is 66.5 Å². The molecule has 0 aliphatic carbocycles. The Morgan fingerprint density at radius 1 is 1.00 bits per heavy atom. The third kappa shape index (κ3) is 4.52. The maximum Gasteiger partial charge on any atom is 0.417 e. The van der Waals surface area contributed by atoms with E-state index in [4.69, 9.17) is 0 Å². The lowest BCUT2D eigenvalue weighted by Gasteiger charge is -2.31. The highest BCUT2D eigenvalue weighted by molar-refractivity contribution is 7.89. The summed E-state index contributed by atoms with van der Waals surface area (Å²) in [4.78, 5) is 11.9. The van der Waals surface area contributed by atoms with Crippen molar-refractivity contribution >= 4 is 21.6 Å². The van der Waals surface area contributed by atoms with E-state index in [-0.39, 0.29) is 31.8 Å². The molecule has 5 nitrogen and oxygen atoms in total. The maximum absolute atomic E-state index is 13.3. The Morgan fingerprint density at radius 2 is 1.57 bits per heavy atom. The molecular weight excluding hydrogens is 417 g/mol. The van der Waals surface area contributed by atoms with Crippen LogP contribution in [0.1, 0.15) is 29.5 Å². The number of amides is 1. The van der Waals surface area contributed by atoms with Gasteiger partial charge in [0.25, 0.3) is 0 Å². The average Bonchev–Trinajstić information content (AvgIpc) is 2.70. The second kappa shape index (κ2) is 8.39. The number of rotatable bonds is 4. The number of benzene rings is 2. The van der Waals surface area contributed by atoms with Gasteiger partial charge < -0.3 is 5.32 Å². The molecule has 0 spiro atoms. The van der Waals surface area contributed by atoms with Gasteiger partial charge in [-0.05, 0) is 49.9 Å². The van der Waals surface area contributed by atoms with Gasteiger partial charge in [-0.1, -0.05) is 30.3 Å². The summed E-state index contributed by atoms with van der Waals surface area (Å²) in [6.45, 7) is 3.74. The molecule has 2 aromatic carbocycles. The lowest BCUT2D eigenvalue weighted by molar-refractivity contribution is -0.139. The summed E-state index contributed by atoms with van der Waals surface area (Å²) in [5.41, 5.74) is 1.40. The fourth-order valence-electron chi connectivity index (χ4n) is 3.66. The SMILES string of the molecule is Cc1cccc(C)c1NC(=O)C1CCN(S(=O)(=O)c2ccccc2C(F)(F)F)CC1. The van der Waals surface area contributed by atoms with E-state index in [1.165, 1.54) is 6.07 Å². The molecule has 1 aliphatic rings. The molecule has 0 saturated carbocycles. The second-order valence-corrected chi connectivity index (χ2v) is 9.33. The molecular formula is C21H23F3N2O3S. The number of anilines is 1. The first-order chi connectivity index (χ1) is 14.0. The summed E-state index contributed by atoms with van der Waals surface area (Å²) in [6, 6.07) is 9.82. The van der Waals surface area contributed by atoms with Crippen LogP contribution in [0.25, 0.3) is 0 Å². The molecule has 1 fully saturated rings. The van der Waals surface area contributed by atoms with Crippen LogP contribution in [-0.4, -0.2) is 31.7 Å². The van der Waals surface area contributed by atoms with Crippen LogP contribution in [0, 0.1) is 19.8 Å². The Kier molecular flexibility index (Phi) is 6.24. The van der Waals surface area contributed by atoms with Gasteiger partial charge in [0.1, 0.15) is 0 Å². The number of piperidine rings is 1. The van der Waals surface area contributed by atoms with Crippen molar-refractivity contribution in [2.24, 2.45) is 5.92 Å². The van der Waals surface area contributed by atoms with E-state index in [0.717, 1.165) is 39.3 Å². The van der Waals surface area contributed by atoms with Gasteiger partial charge >= 0.3 is 6.18 Å². The minimum atomic E-state index is -4.77. The highest BCUT2D eigenvalue weighted by atomic mass is 32.2. The number of aryl methyl sites for hydroxylation is 2. The predicted molar refractivity (Wildman–Crippen MR) is 107 cm³/mol. The van der Waals surface area contributed by atoms with Gasteiger partial charge in [0.15, 0.2) is 0 Å². The van der Waals surface area contributed by atoms with Gasteiger partial charge in [0.2, 0.25) is 15.9 Å². The summed E-state index contributed by atoms with van der Waals surface area (Å²) in [5.74, 6) is -0.617. The number of nitrogens with zero attached hydrogens (tertiary/aromatic N) is 1. The van der Waals surface area contributed by atoms with Crippen LogP contribution in [0.5, 0.6) is 0 Å². The fourth-order valence-corrected chi connectivity index (χ4v) is 5.34. The minimum Gasteiger partial charge on any atom is -0.325 e. The lowest BCUT2D eigenvalue weighted by Crippen LogP contribution is -2.42. The van der Waals surface area contributed by atoms with E-state index in [1.807, 2.05) is 32.0 Å². The highest BCUT2D eigenvalue weighted by Gasteiger charge is 2.40. The van der Waals surface area contributed by atoms with Gasteiger partial charge in [0.05, 0.1) is 10.5 Å². The zero-order valence-corrected chi connectivity index (χ0v) is 17.5. The summed E-state index contributed by atoms with van der Waals surface area (Å²) in [5, 5.41) is 2.91. The first-order valence-corrected chi connectivity index (χ1v) is 11.0. The number of nitrogens with one attached hydrogen (secondary N) is 1. The summed E-state index contributed by atoms with van der Waals surface area (Å²) < 4.78 is 66.5. The largest absolute Gasteiger partial charge is 0.417 e. The molecule has 2 aromatic rings. The van der Waals surface area contributed by atoms with Crippen LogP contribution < -0.4 is 5.32 Å². The second-order valence-electron chi connectivity index (χ2n) is 7.43. The van der Waals surface area contributed by atoms with Gasteiger partial charge in [0, 0.05) is 24.7 Å². The van der Waals surface area contributed by atoms with E-state index in [2.05, 4.69) is 5.32 Å².